The van der Waals surface area contributed by atoms with Crippen molar-refractivity contribution in [3.05, 3.63) is 72.3 Å². The molecule has 0 aliphatic carbocycles. The summed E-state index contributed by atoms with van der Waals surface area (Å²) in [7, 11) is -1.11. The number of hydrogen-bond donors (Lipinski definition) is 2. The van der Waals surface area contributed by atoms with Crippen LogP contribution in [-0.4, -0.2) is 35.3 Å². The molecule has 0 fully saturated rings. The highest BCUT2D eigenvalue weighted by molar-refractivity contribution is 7.92. The monoisotopic (exact) mass is 482 g/mol. The van der Waals surface area contributed by atoms with Crippen molar-refractivity contribution in [2.24, 2.45) is 0 Å². The second kappa shape index (κ2) is 9.75. The molecule has 1 amide bonds. The van der Waals surface area contributed by atoms with Crippen LogP contribution in [0.15, 0.2) is 71.6 Å². The average Bonchev–Trinajstić information content (AvgIpc) is 3.31. The Kier molecular flexibility index (Phi) is 6.60. The van der Waals surface area contributed by atoms with E-state index in [0.717, 1.165) is 5.56 Å². The van der Waals surface area contributed by atoms with Gasteiger partial charge in [-0.3, -0.25) is 9.52 Å². The molecular weight excluding hydrogens is 460 g/mol. The van der Waals surface area contributed by atoms with E-state index in [1.807, 2.05) is 0 Å². The Balaban J connectivity index is 1.50. The van der Waals surface area contributed by atoms with E-state index in [4.69, 9.17) is 18.9 Å². The van der Waals surface area contributed by atoms with Crippen LogP contribution in [0, 0.1) is 0 Å². The molecule has 1 aliphatic heterocycles. The molecule has 0 atom stereocenters. The third-order valence-corrected chi connectivity index (χ3v) is 6.29. The van der Waals surface area contributed by atoms with Crippen molar-refractivity contribution >= 4 is 33.4 Å². The standard InChI is InChI=1S/C24H22N2O7S/c1-30-19-8-5-17(6-9-19)26-34(28,29)23-14-18(7-11-21(23)31-2)25-24(27)12-4-16-3-10-20-22(13-16)33-15-32-20/h3-14,26H,15H2,1-2H3,(H,25,27)/b12-4+. The van der Waals surface area contributed by atoms with E-state index in [1.54, 1.807) is 54.6 Å². The topological polar surface area (TPSA) is 112 Å². The van der Waals surface area contributed by atoms with Crippen LogP contribution in [0.1, 0.15) is 5.56 Å². The molecule has 3 aromatic carbocycles. The SMILES string of the molecule is COc1ccc(NS(=O)(=O)c2cc(NC(=O)/C=C/c3ccc4c(c3)OCO4)ccc2OC)cc1. The molecule has 0 radical (unpaired) electrons. The van der Waals surface area contributed by atoms with Gasteiger partial charge in [-0.15, -0.1) is 0 Å². The van der Waals surface area contributed by atoms with Crippen LogP contribution in [0.2, 0.25) is 0 Å². The fourth-order valence-corrected chi connectivity index (χ4v) is 4.46. The van der Waals surface area contributed by atoms with Gasteiger partial charge in [0.05, 0.1) is 14.2 Å². The van der Waals surface area contributed by atoms with Crippen molar-refractivity contribution in [1.29, 1.82) is 0 Å². The largest absolute Gasteiger partial charge is 0.497 e. The van der Waals surface area contributed by atoms with Gasteiger partial charge in [0.15, 0.2) is 11.5 Å². The van der Waals surface area contributed by atoms with E-state index >= 15 is 0 Å². The van der Waals surface area contributed by atoms with Crippen LogP contribution >= 0.6 is 0 Å². The molecule has 0 aromatic heterocycles. The highest BCUT2D eigenvalue weighted by atomic mass is 32.2. The van der Waals surface area contributed by atoms with Gasteiger partial charge in [-0.1, -0.05) is 6.07 Å². The molecule has 0 spiro atoms. The molecule has 0 saturated carbocycles. The van der Waals surface area contributed by atoms with E-state index in [-0.39, 0.29) is 23.1 Å². The lowest BCUT2D eigenvalue weighted by Crippen LogP contribution is -2.15. The first-order valence-corrected chi connectivity index (χ1v) is 11.6. The summed E-state index contributed by atoms with van der Waals surface area (Å²) in [6.07, 6.45) is 2.95. The minimum Gasteiger partial charge on any atom is -0.497 e. The normalized spacial score (nSPS) is 12.4. The molecule has 10 heteroatoms. The zero-order valence-corrected chi connectivity index (χ0v) is 19.2. The number of nitrogens with one attached hydrogen (secondary N) is 2. The fourth-order valence-electron chi connectivity index (χ4n) is 3.21. The highest BCUT2D eigenvalue weighted by Gasteiger charge is 2.21. The Morgan fingerprint density at radius 1 is 0.912 bits per heavy atom. The molecular formula is C24H22N2O7S. The molecule has 0 unspecified atom stereocenters. The number of rotatable bonds is 8. The number of carbonyl (C=O) groups excluding carboxylic acids is 1. The number of carbonyl (C=O) groups is 1. The van der Waals surface area contributed by atoms with Gasteiger partial charge in [0, 0.05) is 17.5 Å². The lowest BCUT2D eigenvalue weighted by molar-refractivity contribution is -0.111. The predicted octanol–water partition coefficient (Wildman–Crippen LogP) is 3.89. The first-order valence-electron chi connectivity index (χ1n) is 10.1. The number of benzene rings is 3. The lowest BCUT2D eigenvalue weighted by Gasteiger charge is -2.13. The summed E-state index contributed by atoms with van der Waals surface area (Å²) in [5.74, 6) is 1.55. The van der Waals surface area contributed by atoms with Crippen LogP contribution < -0.4 is 29.0 Å². The summed E-state index contributed by atoms with van der Waals surface area (Å²) in [4.78, 5) is 12.3. The Labute approximate surface area is 197 Å². The number of amides is 1. The summed E-state index contributed by atoms with van der Waals surface area (Å²) in [5.41, 5.74) is 1.39. The van der Waals surface area contributed by atoms with Crippen LogP contribution in [0.4, 0.5) is 11.4 Å². The Hall–Kier alpha value is -4.18. The number of anilines is 2. The quantitative estimate of drug-likeness (QED) is 0.469. The van der Waals surface area contributed by atoms with E-state index in [9.17, 15) is 13.2 Å². The van der Waals surface area contributed by atoms with Crippen molar-refractivity contribution < 1.29 is 32.2 Å². The maximum Gasteiger partial charge on any atom is 0.265 e. The molecule has 0 bridgehead atoms. The van der Waals surface area contributed by atoms with Crippen molar-refractivity contribution in [2.75, 3.05) is 31.1 Å². The molecule has 4 rings (SSSR count). The van der Waals surface area contributed by atoms with Crippen molar-refractivity contribution in [2.45, 2.75) is 4.90 Å². The summed E-state index contributed by atoms with van der Waals surface area (Å²) in [5, 5.41) is 2.66. The van der Waals surface area contributed by atoms with Gasteiger partial charge in [0.25, 0.3) is 10.0 Å². The number of ether oxygens (including phenoxy) is 4. The van der Waals surface area contributed by atoms with E-state index in [2.05, 4.69) is 10.0 Å². The summed E-state index contributed by atoms with van der Waals surface area (Å²) < 4.78 is 49.4. The first kappa shape index (κ1) is 23.0. The van der Waals surface area contributed by atoms with E-state index in [1.165, 1.54) is 32.4 Å². The van der Waals surface area contributed by atoms with Crippen LogP contribution in [0.5, 0.6) is 23.0 Å². The summed E-state index contributed by atoms with van der Waals surface area (Å²) >= 11 is 0. The maximum atomic E-state index is 13.0. The second-order valence-electron chi connectivity index (χ2n) is 7.13. The summed E-state index contributed by atoms with van der Waals surface area (Å²) in [6, 6.07) is 16.1. The average molecular weight is 483 g/mol. The van der Waals surface area contributed by atoms with Crippen molar-refractivity contribution in [3.63, 3.8) is 0 Å². The van der Waals surface area contributed by atoms with Gasteiger partial charge < -0.3 is 24.3 Å². The third-order valence-electron chi connectivity index (χ3n) is 4.89. The zero-order chi connectivity index (χ0) is 24.1. The Morgan fingerprint density at radius 3 is 2.38 bits per heavy atom. The molecule has 34 heavy (non-hydrogen) atoms. The smallest absolute Gasteiger partial charge is 0.265 e. The highest BCUT2D eigenvalue weighted by Crippen LogP contribution is 2.33. The maximum absolute atomic E-state index is 13.0. The van der Waals surface area contributed by atoms with Crippen LogP contribution in [0.3, 0.4) is 0 Å². The van der Waals surface area contributed by atoms with Gasteiger partial charge in [0.2, 0.25) is 12.7 Å². The van der Waals surface area contributed by atoms with Gasteiger partial charge in [-0.05, 0) is 66.2 Å². The van der Waals surface area contributed by atoms with Crippen molar-refractivity contribution in [3.8, 4) is 23.0 Å². The molecule has 176 valence electrons. The van der Waals surface area contributed by atoms with Crippen molar-refractivity contribution in [1.82, 2.24) is 0 Å². The number of methoxy groups -OCH3 is 2. The molecule has 2 N–H and O–H groups in total. The number of sulfonamides is 1. The Bertz CT molecular complexity index is 1340. The molecule has 1 heterocycles. The molecule has 9 nitrogen and oxygen atoms in total. The minimum absolute atomic E-state index is 0.122. The second-order valence-corrected chi connectivity index (χ2v) is 8.79. The number of fused-ring (bicyclic) bond motifs is 1. The van der Waals surface area contributed by atoms with E-state index < -0.39 is 15.9 Å². The van der Waals surface area contributed by atoms with Gasteiger partial charge in [-0.25, -0.2) is 8.42 Å². The molecule has 1 aliphatic rings. The van der Waals surface area contributed by atoms with E-state index in [0.29, 0.717) is 22.9 Å². The van der Waals surface area contributed by atoms with Gasteiger partial charge in [-0.2, -0.15) is 0 Å². The fraction of sp³-hybridized carbons (Fsp3) is 0.125. The summed E-state index contributed by atoms with van der Waals surface area (Å²) in [6.45, 7) is 0.166. The van der Waals surface area contributed by atoms with Gasteiger partial charge in [0.1, 0.15) is 16.4 Å². The lowest BCUT2D eigenvalue weighted by atomic mass is 10.2. The molecule has 0 saturated heterocycles. The minimum atomic E-state index is -4.01. The Morgan fingerprint density at radius 2 is 1.65 bits per heavy atom. The first-order chi connectivity index (χ1) is 16.4. The number of hydrogen-bond acceptors (Lipinski definition) is 7. The third kappa shape index (κ3) is 5.24. The zero-order valence-electron chi connectivity index (χ0n) is 18.4. The van der Waals surface area contributed by atoms with Gasteiger partial charge >= 0.3 is 0 Å². The van der Waals surface area contributed by atoms with Crippen LogP contribution in [0.25, 0.3) is 6.08 Å². The van der Waals surface area contributed by atoms with Crippen LogP contribution in [-0.2, 0) is 14.8 Å². The predicted molar refractivity (Wildman–Crippen MR) is 127 cm³/mol. The molecule has 3 aromatic rings.